The van der Waals surface area contributed by atoms with E-state index < -0.39 is 0 Å². The molecule has 2 rings (SSSR count). The molecule has 0 heterocycles. The Morgan fingerprint density at radius 1 is 1.05 bits per heavy atom. The lowest BCUT2D eigenvalue weighted by Gasteiger charge is -2.22. The molecule has 0 aliphatic rings. The van der Waals surface area contributed by atoms with Gasteiger partial charge in [0.1, 0.15) is 5.82 Å². The Morgan fingerprint density at radius 3 is 2.36 bits per heavy atom. The van der Waals surface area contributed by atoms with Gasteiger partial charge in [-0.1, -0.05) is 42.5 Å². The molecule has 2 aromatic rings. The molecular weight excluding hydrogens is 277 g/mol. The van der Waals surface area contributed by atoms with Gasteiger partial charge in [0.25, 0.3) is 0 Å². The van der Waals surface area contributed by atoms with E-state index in [1.165, 1.54) is 17.7 Å². The van der Waals surface area contributed by atoms with Crippen molar-refractivity contribution in [2.24, 2.45) is 4.99 Å². The summed E-state index contributed by atoms with van der Waals surface area (Å²) in [6, 6.07) is 16.9. The van der Waals surface area contributed by atoms with Crippen LogP contribution < -0.4 is 5.32 Å². The van der Waals surface area contributed by atoms with Gasteiger partial charge in [0.15, 0.2) is 5.96 Å². The van der Waals surface area contributed by atoms with Crippen LogP contribution in [0.1, 0.15) is 11.1 Å². The highest BCUT2D eigenvalue weighted by atomic mass is 19.1. The van der Waals surface area contributed by atoms with E-state index in [-0.39, 0.29) is 5.82 Å². The molecule has 0 saturated carbocycles. The first-order valence-corrected chi connectivity index (χ1v) is 7.39. The minimum absolute atomic E-state index is 0.199. The molecule has 0 aliphatic carbocycles. The van der Waals surface area contributed by atoms with Crippen LogP contribution >= 0.6 is 0 Å². The van der Waals surface area contributed by atoms with Crippen molar-refractivity contribution in [3.05, 3.63) is 71.5 Å². The third-order valence-electron chi connectivity index (χ3n) is 3.45. The number of hydrogen-bond acceptors (Lipinski definition) is 1. The van der Waals surface area contributed by atoms with Crippen LogP contribution in [0.15, 0.2) is 59.6 Å². The van der Waals surface area contributed by atoms with Crippen LogP contribution in [0.2, 0.25) is 0 Å². The molecular formula is C18H22FN3. The summed E-state index contributed by atoms with van der Waals surface area (Å²) in [6.07, 6.45) is 0.832. The Balaban J connectivity index is 1.83. The van der Waals surface area contributed by atoms with Crippen molar-refractivity contribution in [1.82, 2.24) is 10.2 Å². The molecule has 2 aromatic carbocycles. The van der Waals surface area contributed by atoms with Crippen molar-refractivity contribution in [3.63, 3.8) is 0 Å². The molecule has 0 aliphatic heterocycles. The molecule has 0 spiro atoms. The van der Waals surface area contributed by atoms with E-state index in [2.05, 4.69) is 27.3 Å². The highest BCUT2D eigenvalue weighted by molar-refractivity contribution is 5.79. The SMILES string of the molecule is CN=C(NCCc1ccc(F)cc1)N(C)Cc1ccccc1. The van der Waals surface area contributed by atoms with E-state index in [0.29, 0.717) is 0 Å². The number of rotatable bonds is 5. The van der Waals surface area contributed by atoms with E-state index in [4.69, 9.17) is 0 Å². The number of hydrogen-bond donors (Lipinski definition) is 1. The lowest BCUT2D eigenvalue weighted by Crippen LogP contribution is -2.39. The van der Waals surface area contributed by atoms with Crippen molar-refractivity contribution in [3.8, 4) is 0 Å². The Labute approximate surface area is 131 Å². The molecule has 1 N–H and O–H groups in total. The Kier molecular flexibility index (Phi) is 5.95. The van der Waals surface area contributed by atoms with E-state index in [1.807, 2.05) is 37.4 Å². The quantitative estimate of drug-likeness (QED) is 0.679. The maximum Gasteiger partial charge on any atom is 0.193 e. The van der Waals surface area contributed by atoms with Gasteiger partial charge in [-0.3, -0.25) is 4.99 Å². The lowest BCUT2D eigenvalue weighted by atomic mass is 10.1. The molecule has 0 radical (unpaired) electrons. The van der Waals surface area contributed by atoms with Gasteiger partial charge in [0, 0.05) is 27.2 Å². The fraction of sp³-hybridized carbons (Fsp3) is 0.278. The average Bonchev–Trinajstić information content (AvgIpc) is 2.54. The zero-order chi connectivity index (χ0) is 15.8. The highest BCUT2D eigenvalue weighted by Gasteiger charge is 2.06. The zero-order valence-corrected chi connectivity index (χ0v) is 13.1. The summed E-state index contributed by atoms with van der Waals surface area (Å²) in [5, 5.41) is 3.33. The Morgan fingerprint density at radius 2 is 1.73 bits per heavy atom. The number of halogens is 1. The third-order valence-corrected chi connectivity index (χ3v) is 3.45. The first-order valence-electron chi connectivity index (χ1n) is 7.39. The van der Waals surface area contributed by atoms with Crippen LogP contribution in [0.4, 0.5) is 4.39 Å². The maximum absolute atomic E-state index is 12.9. The summed E-state index contributed by atoms with van der Waals surface area (Å²) in [5.74, 6) is 0.654. The van der Waals surface area contributed by atoms with Gasteiger partial charge < -0.3 is 10.2 Å². The monoisotopic (exact) mass is 299 g/mol. The minimum atomic E-state index is -0.199. The first kappa shape index (κ1) is 16.0. The fourth-order valence-electron chi connectivity index (χ4n) is 2.29. The van der Waals surface area contributed by atoms with Crippen molar-refractivity contribution < 1.29 is 4.39 Å². The van der Waals surface area contributed by atoms with Gasteiger partial charge in [-0.15, -0.1) is 0 Å². The van der Waals surface area contributed by atoms with Gasteiger partial charge in [-0.25, -0.2) is 4.39 Å². The summed E-state index contributed by atoms with van der Waals surface area (Å²) in [5.41, 5.74) is 2.35. The largest absolute Gasteiger partial charge is 0.356 e. The van der Waals surface area contributed by atoms with Crippen LogP contribution in [-0.2, 0) is 13.0 Å². The molecule has 0 saturated heterocycles. The first-order chi connectivity index (χ1) is 10.7. The zero-order valence-electron chi connectivity index (χ0n) is 13.1. The number of benzene rings is 2. The normalized spacial score (nSPS) is 11.3. The van der Waals surface area contributed by atoms with E-state index in [1.54, 1.807) is 7.05 Å². The molecule has 0 amide bonds. The maximum atomic E-state index is 12.9. The summed E-state index contributed by atoms with van der Waals surface area (Å²) < 4.78 is 12.9. The van der Waals surface area contributed by atoms with Gasteiger partial charge in [0.05, 0.1) is 0 Å². The second-order valence-corrected chi connectivity index (χ2v) is 5.19. The van der Waals surface area contributed by atoms with Gasteiger partial charge >= 0.3 is 0 Å². The Hall–Kier alpha value is -2.36. The molecule has 4 heteroatoms. The van der Waals surface area contributed by atoms with Gasteiger partial charge in [-0.2, -0.15) is 0 Å². The van der Waals surface area contributed by atoms with Crippen molar-refractivity contribution >= 4 is 5.96 Å². The van der Waals surface area contributed by atoms with Crippen molar-refractivity contribution in [2.45, 2.75) is 13.0 Å². The third kappa shape index (κ3) is 4.88. The van der Waals surface area contributed by atoms with Crippen LogP contribution in [0, 0.1) is 5.82 Å². The average molecular weight is 299 g/mol. The van der Waals surface area contributed by atoms with Gasteiger partial charge in [-0.05, 0) is 29.7 Å². The van der Waals surface area contributed by atoms with E-state index in [0.717, 1.165) is 31.0 Å². The summed E-state index contributed by atoms with van der Waals surface area (Å²) in [7, 11) is 3.79. The number of nitrogens with one attached hydrogen (secondary N) is 1. The van der Waals surface area contributed by atoms with Gasteiger partial charge in [0.2, 0.25) is 0 Å². The molecule has 3 nitrogen and oxygen atoms in total. The lowest BCUT2D eigenvalue weighted by molar-refractivity contribution is 0.477. The van der Waals surface area contributed by atoms with Crippen LogP contribution in [-0.4, -0.2) is 31.5 Å². The van der Waals surface area contributed by atoms with Crippen molar-refractivity contribution in [1.29, 1.82) is 0 Å². The molecule has 0 unspecified atom stereocenters. The second-order valence-electron chi connectivity index (χ2n) is 5.19. The minimum Gasteiger partial charge on any atom is -0.356 e. The number of aliphatic imine (C=N–C) groups is 1. The van der Waals surface area contributed by atoms with Crippen LogP contribution in [0.3, 0.4) is 0 Å². The second kappa shape index (κ2) is 8.17. The molecule has 0 atom stereocenters. The molecule has 0 aromatic heterocycles. The summed E-state index contributed by atoms with van der Waals surface area (Å²) >= 11 is 0. The highest BCUT2D eigenvalue weighted by Crippen LogP contribution is 2.04. The van der Waals surface area contributed by atoms with Crippen LogP contribution in [0.25, 0.3) is 0 Å². The van der Waals surface area contributed by atoms with E-state index >= 15 is 0 Å². The topological polar surface area (TPSA) is 27.6 Å². The Bertz CT molecular complexity index is 593. The smallest absolute Gasteiger partial charge is 0.193 e. The predicted octanol–water partition coefficient (Wildman–Crippen LogP) is 3.08. The standard InChI is InChI=1S/C18H22FN3/c1-20-18(22(2)14-16-6-4-3-5-7-16)21-13-12-15-8-10-17(19)11-9-15/h3-11H,12-14H2,1-2H3,(H,20,21). The fourth-order valence-corrected chi connectivity index (χ4v) is 2.29. The van der Waals surface area contributed by atoms with Crippen LogP contribution in [0.5, 0.6) is 0 Å². The molecule has 116 valence electrons. The number of guanidine groups is 1. The molecule has 22 heavy (non-hydrogen) atoms. The summed E-state index contributed by atoms with van der Waals surface area (Å²) in [4.78, 5) is 6.38. The predicted molar refractivity (Wildman–Crippen MR) is 89.4 cm³/mol. The van der Waals surface area contributed by atoms with E-state index in [9.17, 15) is 4.39 Å². The van der Waals surface area contributed by atoms with Crippen molar-refractivity contribution in [2.75, 3.05) is 20.6 Å². The summed E-state index contributed by atoms with van der Waals surface area (Å²) in [6.45, 7) is 1.56. The molecule has 0 bridgehead atoms. The molecule has 0 fully saturated rings. The number of nitrogens with zero attached hydrogens (tertiary/aromatic N) is 2.